The molecule has 190 valence electrons. The van der Waals surface area contributed by atoms with E-state index in [4.69, 9.17) is 0 Å². The molecule has 0 bridgehead atoms. The lowest BCUT2D eigenvalue weighted by Crippen LogP contribution is -2.29. The zero-order valence-electron chi connectivity index (χ0n) is 20.0. The summed E-state index contributed by atoms with van der Waals surface area (Å²) in [5.41, 5.74) is 4.37. The Bertz CT molecular complexity index is 1410. The third-order valence-corrected chi connectivity index (χ3v) is 6.77. The molecule has 0 saturated carbocycles. The fourth-order valence-electron chi connectivity index (χ4n) is 5.10. The maximum Gasteiger partial charge on any atom is 0.573 e. The van der Waals surface area contributed by atoms with Crippen molar-refractivity contribution in [1.82, 2.24) is 0 Å². The topological polar surface area (TPSA) is 66.8 Å². The molecule has 1 aliphatic carbocycles. The summed E-state index contributed by atoms with van der Waals surface area (Å²) in [7, 11) is 0. The number of carbonyl (C=O) groups excluding carboxylic acids is 2. The monoisotopic (exact) mass is 507 g/mol. The number of carbonyl (C=O) groups is 2. The number of nitrogens with zero attached hydrogens (tertiary/aromatic N) is 1. The third-order valence-electron chi connectivity index (χ3n) is 6.77. The van der Waals surface area contributed by atoms with E-state index in [0.717, 1.165) is 48.9 Å². The number of benzene rings is 3. The van der Waals surface area contributed by atoms with Crippen LogP contribution >= 0.6 is 0 Å². The molecule has 3 aromatic rings. The number of aliphatic hydroxyl groups excluding tert-OH is 1. The standard InChI is InChI=1S/C29H24F3NO4/c1-17-5-4-8-20(15-17)25-24(26(34)21-10-9-18-6-2-3-7-19(18)16-21)27(35)28(36)33(25)22-11-13-23(14-12-22)37-29(30,31)32/h4-5,8-16,25,34H,2-3,6-7H2,1H3/b26-24-. The maximum absolute atomic E-state index is 13.3. The Morgan fingerprint density at radius 2 is 1.65 bits per heavy atom. The predicted molar refractivity (Wildman–Crippen MR) is 132 cm³/mol. The van der Waals surface area contributed by atoms with Gasteiger partial charge in [0.1, 0.15) is 11.5 Å². The normalized spacial score (nSPS) is 19.1. The lowest BCUT2D eigenvalue weighted by atomic mass is 9.88. The number of amides is 1. The number of ether oxygens (including phenoxy) is 1. The Labute approximate surface area is 211 Å². The molecule has 5 rings (SSSR count). The molecule has 1 fully saturated rings. The van der Waals surface area contributed by atoms with E-state index < -0.39 is 29.8 Å². The number of alkyl halides is 3. The Morgan fingerprint density at radius 1 is 0.946 bits per heavy atom. The number of Topliss-reactive ketones (excluding diaryl/α,β-unsaturated/α-hetero) is 1. The van der Waals surface area contributed by atoms with E-state index in [1.54, 1.807) is 18.2 Å². The van der Waals surface area contributed by atoms with Crippen molar-refractivity contribution in [3.8, 4) is 5.75 Å². The van der Waals surface area contributed by atoms with Crippen LogP contribution in [0.25, 0.3) is 5.76 Å². The number of rotatable bonds is 4. The van der Waals surface area contributed by atoms with Crippen molar-refractivity contribution in [2.75, 3.05) is 4.90 Å². The first-order chi connectivity index (χ1) is 17.6. The number of fused-ring (bicyclic) bond motifs is 1. The molecule has 1 saturated heterocycles. The number of aryl methyl sites for hydroxylation is 3. The Hall–Kier alpha value is -4.07. The highest BCUT2D eigenvalue weighted by molar-refractivity contribution is 6.51. The first-order valence-corrected chi connectivity index (χ1v) is 12.0. The summed E-state index contributed by atoms with van der Waals surface area (Å²) in [6.45, 7) is 1.86. The van der Waals surface area contributed by atoms with Crippen LogP contribution in [0.15, 0.2) is 72.3 Å². The van der Waals surface area contributed by atoms with Crippen LogP contribution in [0.5, 0.6) is 5.75 Å². The lowest BCUT2D eigenvalue weighted by Gasteiger charge is -2.26. The van der Waals surface area contributed by atoms with Gasteiger partial charge < -0.3 is 9.84 Å². The second kappa shape index (κ2) is 9.42. The summed E-state index contributed by atoms with van der Waals surface area (Å²) in [6.07, 6.45) is -0.888. The number of ketones is 1. The van der Waals surface area contributed by atoms with E-state index in [1.807, 2.05) is 31.2 Å². The maximum atomic E-state index is 13.3. The lowest BCUT2D eigenvalue weighted by molar-refractivity contribution is -0.274. The largest absolute Gasteiger partial charge is 0.573 e. The van der Waals surface area contributed by atoms with Gasteiger partial charge in [-0.25, -0.2) is 0 Å². The molecule has 0 aromatic heterocycles. The Balaban J connectivity index is 1.63. The van der Waals surface area contributed by atoms with Crippen molar-refractivity contribution in [3.63, 3.8) is 0 Å². The molecule has 1 atom stereocenters. The van der Waals surface area contributed by atoms with Crippen LogP contribution in [-0.2, 0) is 22.4 Å². The van der Waals surface area contributed by atoms with Crippen molar-refractivity contribution in [1.29, 1.82) is 0 Å². The van der Waals surface area contributed by atoms with Crippen LogP contribution in [0, 0.1) is 6.92 Å². The highest BCUT2D eigenvalue weighted by Crippen LogP contribution is 2.43. The van der Waals surface area contributed by atoms with Gasteiger partial charge in [-0.1, -0.05) is 42.0 Å². The van der Waals surface area contributed by atoms with Gasteiger partial charge in [-0.3, -0.25) is 14.5 Å². The molecule has 0 radical (unpaired) electrons. The third kappa shape index (κ3) is 4.83. The van der Waals surface area contributed by atoms with E-state index in [2.05, 4.69) is 4.74 Å². The summed E-state index contributed by atoms with van der Waals surface area (Å²) in [5.74, 6) is -2.47. The van der Waals surface area contributed by atoms with Crippen molar-refractivity contribution in [3.05, 3.63) is 100 Å². The van der Waals surface area contributed by atoms with Gasteiger partial charge in [0.25, 0.3) is 11.7 Å². The van der Waals surface area contributed by atoms with Gasteiger partial charge in [0, 0.05) is 11.3 Å². The highest BCUT2D eigenvalue weighted by Gasteiger charge is 2.47. The summed E-state index contributed by atoms with van der Waals surface area (Å²) in [5, 5.41) is 11.4. The summed E-state index contributed by atoms with van der Waals surface area (Å²) >= 11 is 0. The van der Waals surface area contributed by atoms with E-state index in [1.165, 1.54) is 22.6 Å². The van der Waals surface area contributed by atoms with Crippen molar-refractivity contribution >= 4 is 23.1 Å². The minimum absolute atomic E-state index is 0.0676. The quantitative estimate of drug-likeness (QED) is 0.252. The van der Waals surface area contributed by atoms with E-state index in [-0.39, 0.29) is 17.0 Å². The first kappa shape index (κ1) is 24.6. The fourth-order valence-corrected chi connectivity index (χ4v) is 5.10. The number of aliphatic hydroxyl groups is 1. The molecule has 0 spiro atoms. The van der Waals surface area contributed by atoms with Gasteiger partial charge in [0.2, 0.25) is 0 Å². The fraction of sp³-hybridized carbons (Fsp3) is 0.241. The minimum atomic E-state index is -4.86. The second-order valence-corrected chi connectivity index (χ2v) is 9.32. The van der Waals surface area contributed by atoms with Gasteiger partial charge in [0.05, 0.1) is 11.6 Å². The molecule has 1 unspecified atom stereocenters. The second-order valence-electron chi connectivity index (χ2n) is 9.32. The zero-order chi connectivity index (χ0) is 26.3. The van der Waals surface area contributed by atoms with Gasteiger partial charge >= 0.3 is 6.36 Å². The van der Waals surface area contributed by atoms with E-state index in [9.17, 15) is 27.9 Å². The van der Waals surface area contributed by atoms with Gasteiger partial charge in [-0.15, -0.1) is 13.2 Å². The van der Waals surface area contributed by atoms with Crippen LogP contribution in [-0.4, -0.2) is 23.2 Å². The zero-order valence-corrected chi connectivity index (χ0v) is 20.0. The minimum Gasteiger partial charge on any atom is -0.507 e. The van der Waals surface area contributed by atoms with E-state index >= 15 is 0 Å². The molecule has 1 amide bonds. The van der Waals surface area contributed by atoms with Gasteiger partial charge in [-0.2, -0.15) is 0 Å². The molecule has 37 heavy (non-hydrogen) atoms. The summed E-state index contributed by atoms with van der Waals surface area (Å²) in [6, 6.07) is 16.5. The predicted octanol–water partition coefficient (Wildman–Crippen LogP) is 6.40. The van der Waals surface area contributed by atoms with Crippen molar-refractivity contribution < 1.29 is 32.6 Å². The van der Waals surface area contributed by atoms with Crippen LogP contribution < -0.4 is 9.64 Å². The van der Waals surface area contributed by atoms with Crippen LogP contribution in [0.1, 0.15) is 46.7 Å². The number of halogens is 3. The van der Waals surface area contributed by atoms with Crippen LogP contribution in [0.4, 0.5) is 18.9 Å². The SMILES string of the molecule is Cc1cccc(C2/C(=C(/O)c3ccc4c(c3)CCCC4)C(=O)C(=O)N2c2ccc(OC(F)(F)F)cc2)c1. The first-order valence-electron chi connectivity index (χ1n) is 12.0. The van der Waals surface area contributed by atoms with Crippen LogP contribution in [0.3, 0.4) is 0 Å². The molecular weight excluding hydrogens is 483 g/mol. The number of hydrogen-bond acceptors (Lipinski definition) is 4. The number of anilines is 1. The van der Waals surface area contributed by atoms with Crippen molar-refractivity contribution in [2.45, 2.75) is 45.0 Å². The molecule has 1 N–H and O–H groups in total. The van der Waals surface area contributed by atoms with Gasteiger partial charge in [0.15, 0.2) is 0 Å². The highest BCUT2D eigenvalue weighted by atomic mass is 19.4. The molecule has 5 nitrogen and oxygen atoms in total. The Morgan fingerprint density at radius 3 is 2.32 bits per heavy atom. The average Bonchev–Trinajstić information content (AvgIpc) is 3.13. The van der Waals surface area contributed by atoms with Crippen molar-refractivity contribution in [2.24, 2.45) is 0 Å². The molecule has 1 heterocycles. The molecule has 1 aliphatic heterocycles. The molecule has 3 aromatic carbocycles. The smallest absolute Gasteiger partial charge is 0.507 e. The van der Waals surface area contributed by atoms with Crippen LogP contribution in [0.2, 0.25) is 0 Å². The summed E-state index contributed by atoms with van der Waals surface area (Å²) < 4.78 is 41.8. The average molecular weight is 508 g/mol. The Kier molecular flexibility index (Phi) is 6.27. The number of hydrogen-bond donors (Lipinski definition) is 1. The molecular formula is C29H24F3NO4. The molecule has 8 heteroatoms. The van der Waals surface area contributed by atoms with Gasteiger partial charge in [-0.05, 0) is 79.6 Å². The molecule has 2 aliphatic rings. The van der Waals surface area contributed by atoms with E-state index in [0.29, 0.717) is 11.1 Å². The summed E-state index contributed by atoms with van der Waals surface area (Å²) in [4.78, 5) is 27.8.